The molecule has 0 aliphatic carbocycles. The summed E-state index contributed by atoms with van der Waals surface area (Å²) in [4.78, 5) is 2.40. The zero-order valence-corrected chi connectivity index (χ0v) is 9.39. The van der Waals surface area contributed by atoms with Crippen molar-refractivity contribution in [2.24, 2.45) is 5.73 Å². The Morgan fingerprint density at radius 1 is 1.60 bits per heavy atom. The summed E-state index contributed by atoms with van der Waals surface area (Å²) in [6.07, 6.45) is 4.43. The molecule has 4 nitrogen and oxygen atoms in total. The third-order valence-corrected chi connectivity index (χ3v) is 2.95. The van der Waals surface area contributed by atoms with Gasteiger partial charge in [0.2, 0.25) is 0 Å². The summed E-state index contributed by atoms with van der Waals surface area (Å²) in [6.45, 7) is 6.17. The van der Waals surface area contributed by atoms with Gasteiger partial charge in [-0.15, -0.1) is 0 Å². The molecule has 84 valence electrons. The first-order chi connectivity index (χ1) is 7.28. The fourth-order valence-electron chi connectivity index (χ4n) is 2.13. The van der Waals surface area contributed by atoms with Crippen LogP contribution >= 0.6 is 0 Å². The molecule has 1 fully saturated rings. The van der Waals surface area contributed by atoms with Crippen LogP contribution in [0.5, 0.6) is 0 Å². The first-order valence-electron chi connectivity index (χ1n) is 5.78. The molecule has 2 rings (SSSR count). The largest absolute Gasteiger partial charge is 0.327 e. The van der Waals surface area contributed by atoms with Crippen LogP contribution in [0.25, 0.3) is 0 Å². The Labute approximate surface area is 91.1 Å². The van der Waals surface area contributed by atoms with E-state index in [0.717, 1.165) is 31.9 Å². The predicted molar refractivity (Wildman–Crippen MR) is 60.4 cm³/mol. The molecule has 1 atom stereocenters. The van der Waals surface area contributed by atoms with Crippen LogP contribution in [0, 0.1) is 0 Å². The number of aromatic nitrogens is 2. The van der Waals surface area contributed by atoms with Crippen LogP contribution in [0.2, 0.25) is 0 Å². The number of nitrogens with zero attached hydrogens (tertiary/aromatic N) is 3. The first kappa shape index (κ1) is 10.6. The maximum absolute atomic E-state index is 5.94. The number of likely N-dealkylation sites (tertiary alicyclic amines) is 1. The molecule has 1 saturated heterocycles. The van der Waals surface area contributed by atoms with Gasteiger partial charge in [-0.2, -0.15) is 5.10 Å². The minimum atomic E-state index is 0.354. The predicted octanol–water partition coefficient (Wildman–Crippen LogP) is 0.826. The van der Waals surface area contributed by atoms with Crippen molar-refractivity contribution >= 4 is 0 Å². The van der Waals surface area contributed by atoms with Gasteiger partial charge in [0, 0.05) is 31.9 Å². The lowest BCUT2D eigenvalue weighted by molar-refractivity contribution is 0.199. The van der Waals surface area contributed by atoms with Gasteiger partial charge in [-0.3, -0.25) is 9.58 Å². The molecule has 0 bridgehead atoms. The van der Waals surface area contributed by atoms with Crippen molar-refractivity contribution in [2.45, 2.75) is 38.9 Å². The molecule has 1 aromatic rings. The second kappa shape index (κ2) is 4.77. The first-order valence-corrected chi connectivity index (χ1v) is 5.78. The lowest BCUT2D eigenvalue weighted by Crippen LogP contribution is -2.42. The highest BCUT2D eigenvalue weighted by Crippen LogP contribution is 2.11. The third kappa shape index (κ3) is 2.79. The van der Waals surface area contributed by atoms with Crippen molar-refractivity contribution < 1.29 is 0 Å². The van der Waals surface area contributed by atoms with Crippen LogP contribution < -0.4 is 5.73 Å². The van der Waals surface area contributed by atoms with Gasteiger partial charge in [-0.1, -0.05) is 0 Å². The molecule has 0 radical (unpaired) electrons. The van der Waals surface area contributed by atoms with E-state index in [1.165, 1.54) is 12.8 Å². The minimum Gasteiger partial charge on any atom is -0.327 e. The Morgan fingerprint density at radius 3 is 3.13 bits per heavy atom. The van der Waals surface area contributed by atoms with Crippen LogP contribution in [0.1, 0.15) is 25.5 Å². The summed E-state index contributed by atoms with van der Waals surface area (Å²) in [5.41, 5.74) is 7.10. The maximum atomic E-state index is 5.94. The Morgan fingerprint density at radius 2 is 2.47 bits per heavy atom. The summed E-state index contributed by atoms with van der Waals surface area (Å²) in [5.74, 6) is 0. The van der Waals surface area contributed by atoms with Crippen LogP contribution in [0.4, 0.5) is 0 Å². The number of piperidine rings is 1. The average Bonchev–Trinajstić information content (AvgIpc) is 2.65. The van der Waals surface area contributed by atoms with E-state index in [-0.39, 0.29) is 0 Å². The second-order valence-corrected chi connectivity index (χ2v) is 4.30. The summed E-state index contributed by atoms with van der Waals surface area (Å²) in [6, 6.07) is 2.45. The zero-order chi connectivity index (χ0) is 10.7. The quantitative estimate of drug-likeness (QED) is 0.800. The molecule has 4 heteroatoms. The number of hydrogen-bond donors (Lipinski definition) is 1. The number of rotatable bonds is 3. The van der Waals surface area contributed by atoms with Crippen molar-refractivity contribution in [3.63, 3.8) is 0 Å². The lowest BCUT2D eigenvalue weighted by atomic mass is 10.1. The van der Waals surface area contributed by atoms with E-state index in [4.69, 9.17) is 5.73 Å². The Bertz CT molecular complexity index is 307. The van der Waals surface area contributed by atoms with E-state index >= 15 is 0 Å². The monoisotopic (exact) mass is 208 g/mol. The van der Waals surface area contributed by atoms with Crippen molar-refractivity contribution in [1.29, 1.82) is 0 Å². The van der Waals surface area contributed by atoms with Gasteiger partial charge < -0.3 is 5.73 Å². The molecule has 0 amide bonds. The maximum Gasteiger partial charge on any atom is 0.0764 e. The Kier molecular flexibility index (Phi) is 3.38. The smallest absolute Gasteiger partial charge is 0.0764 e. The number of nitrogens with two attached hydrogens (primary N) is 1. The van der Waals surface area contributed by atoms with Crippen molar-refractivity contribution in [3.05, 3.63) is 18.0 Å². The van der Waals surface area contributed by atoms with E-state index in [1.807, 2.05) is 10.9 Å². The molecule has 1 aliphatic rings. The van der Waals surface area contributed by atoms with E-state index in [1.54, 1.807) is 0 Å². The summed E-state index contributed by atoms with van der Waals surface area (Å²) in [5, 5.41) is 4.48. The standard InChI is InChI=1S/C11H20N4/c1-2-15-7-5-11(13-15)9-14-6-3-4-10(12)8-14/h5,7,10H,2-4,6,8-9,12H2,1H3/t10-/m0/s1. The van der Waals surface area contributed by atoms with Gasteiger partial charge in [0.05, 0.1) is 5.69 Å². The highest BCUT2D eigenvalue weighted by Gasteiger charge is 2.17. The highest BCUT2D eigenvalue weighted by molar-refractivity contribution is 4.99. The van der Waals surface area contributed by atoms with Crippen LogP contribution in [-0.2, 0) is 13.1 Å². The van der Waals surface area contributed by atoms with Gasteiger partial charge in [0.25, 0.3) is 0 Å². The normalized spacial score (nSPS) is 23.2. The SMILES string of the molecule is CCn1ccc(CN2CCC[C@H](N)C2)n1. The molecule has 0 unspecified atom stereocenters. The van der Waals surface area contributed by atoms with Gasteiger partial charge in [0.15, 0.2) is 0 Å². The average molecular weight is 208 g/mol. The van der Waals surface area contributed by atoms with E-state index in [0.29, 0.717) is 6.04 Å². The number of hydrogen-bond acceptors (Lipinski definition) is 3. The van der Waals surface area contributed by atoms with Crippen molar-refractivity contribution in [3.8, 4) is 0 Å². The van der Waals surface area contributed by atoms with E-state index < -0.39 is 0 Å². The molecule has 0 spiro atoms. The molecule has 0 saturated carbocycles. The molecule has 1 aromatic heterocycles. The number of aryl methyl sites for hydroxylation is 1. The Balaban J connectivity index is 1.90. The van der Waals surface area contributed by atoms with E-state index in [2.05, 4.69) is 23.0 Å². The fourth-order valence-corrected chi connectivity index (χ4v) is 2.13. The summed E-state index contributed by atoms with van der Waals surface area (Å²) in [7, 11) is 0. The molecule has 2 N–H and O–H groups in total. The fraction of sp³-hybridized carbons (Fsp3) is 0.727. The van der Waals surface area contributed by atoms with Gasteiger partial charge >= 0.3 is 0 Å². The molecule has 0 aromatic carbocycles. The van der Waals surface area contributed by atoms with Crippen LogP contribution in [0.15, 0.2) is 12.3 Å². The molecular weight excluding hydrogens is 188 g/mol. The molecule has 15 heavy (non-hydrogen) atoms. The van der Waals surface area contributed by atoms with Gasteiger partial charge in [-0.25, -0.2) is 0 Å². The molecule has 1 aliphatic heterocycles. The second-order valence-electron chi connectivity index (χ2n) is 4.30. The zero-order valence-electron chi connectivity index (χ0n) is 9.39. The minimum absolute atomic E-state index is 0.354. The topological polar surface area (TPSA) is 47.1 Å². The molecule has 2 heterocycles. The van der Waals surface area contributed by atoms with Crippen molar-refractivity contribution in [1.82, 2.24) is 14.7 Å². The highest BCUT2D eigenvalue weighted by atomic mass is 15.3. The summed E-state index contributed by atoms with van der Waals surface area (Å²) >= 11 is 0. The molecular formula is C11H20N4. The van der Waals surface area contributed by atoms with Gasteiger partial charge in [0.1, 0.15) is 0 Å². The van der Waals surface area contributed by atoms with Crippen LogP contribution in [0.3, 0.4) is 0 Å². The van der Waals surface area contributed by atoms with E-state index in [9.17, 15) is 0 Å². The van der Waals surface area contributed by atoms with Crippen molar-refractivity contribution in [2.75, 3.05) is 13.1 Å². The van der Waals surface area contributed by atoms with Crippen LogP contribution in [-0.4, -0.2) is 33.8 Å². The Hall–Kier alpha value is -0.870. The van der Waals surface area contributed by atoms with Gasteiger partial charge in [-0.05, 0) is 32.4 Å². The third-order valence-electron chi connectivity index (χ3n) is 2.95. The lowest BCUT2D eigenvalue weighted by Gasteiger charge is -2.29. The summed E-state index contributed by atoms with van der Waals surface area (Å²) < 4.78 is 1.97.